The van der Waals surface area contributed by atoms with Crippen LogP contribution in [0, 0.1) is 0 Å². The van der Waals surface area contributed by atoms with Gasteiger partial charge in [0.05, 0.1) is 20.3 Å². The first-order valence-corrected chi connectivity index (χ1v) is 10.1. The Labute approximate surface area is 172 Å². The van der Waals surface area contributed by atoms with Gasteiger partial charge in [0.1, 0.15) is 5.75 Å². The van der Waals surface area contributed by atoms with Crippen molar-refractivity contribution in [3.63, 3.8) is 0 Å². The van der Waals surface area contributed by atoms with Crippen LogP contribution in [0.2, 0.25) is 0 Å². The van der Waals surface area contributed by atoms with Gasteiger partial charge in [0.25, 0.3) is 0 Å². The summed E-state index contributed by atoms with van der Waals surface area (Å²) in [5, 5.41) is 3.60. The Morgan fingerprint density at radius 1 is 0.931 bits per heavy atom. The van der Waals surface area contributed by atoms with E-state index >= 15 is 0 Å². The Morgan fingerprint density at radius 3 is 2.52 bits per heavy atom. The average Bonchev–Trinajstić information content (AvgIpc) is 3.02. The van der Waals surface area contributed by atoms with Crippen LogP contribution in [0.1, 0.15) is 30.5 Å². The zero-order chi connectivity index (χ0) is 20.1. The second-order valence-corrected chi connectivity index (χ2v) is 7.26. The van der Waals surface area contributed by atoms with E-state index in [9.17, 15) is 0 Å². The van der Waals surface area contributed by atoms with Gasteiger partial charge in [-0.2, -0.15) is 0 Å². The first-order chi connectivity index (χ1) is 14.2. The van der Waals surface area contributed by atoms with Crippen LogP contribution in [0.25, 0.3) is 11.1 Å². The lowest BCUT2D eigenvalue weighted by molar-refractivity contribution is 0.297. The van der Waals surface area contributed by atoms with Gasteiger partial charge in [0, 0.05) is 24.6 Å². The van der Waals surface area contributed by atoms with Gasteiger partial charge in [0.2, 0.25) is 0 Å². The Kier molecular flexibility index (Phi) is 6.01. The molecule has 1 aliphatic heterocycles. The SMILES string of the molecule is COc1ccc(CN[C@H](C)c2ccccc2)cc1-c1ccc2c(c1)OCCCO2. The van der Waals surface area contributed by atoms with Crippen LogP contribution < -0.4 is 19.5 Å². The molecule has 0 saturated carbocycles. The van der Waals surface area contributed by atoms with Gasteiger partial charge in [0.15, 0.2) is 11.5 Å². The highest BCUT2D eigenvalue weighted by atomic mass is 16.5. The van der Waals surface area contributed by atoms with Gasteiger partial charge in [-0.05, 0) is 47.9 Å². The summed E-state index contributed by atoms with van der Waals surface area (Å²) in [5.41, 5.74) is 4.60. The first kappa shape index (κ1) is 19.3. The molecule has 3 aromatic carbocycles. The topological polar surface area (TPSA) is 39.7 Å². The molecule has 0 fully saturated rings. The molecule has 3 aromatic rings. The number of rotatable bonds is 6. The molecule has 1 atom stereocenters. The molecular weight excluding hydrogens is 362 g/mol. The standard InChI is InChI=1S/C25H27NO3/c1-18(20-7-4-3-5-8-20)26-17-19-9-11-23(27-2)22(15-19)21-10-12-24-25(16-21)29-14-6-13-28-24/h3-5,7-12,15-16,18,26H,6,13-14,17H2,1-2H3/t18-/m1/s1. The number of hydrogen-bond acceptors (Lipinski definition) is 4. The zero-order valence-electron chi connectivity index (χ0n) is 17.0. The minimum absolute atomic E-state index is 0.278. The summed E-state index contributed by atoms with van der Waals surface area (Å²) >= 11 is 0. The van der Waals surface area contributed by atoms with Crippen molar-refractivity contribution >= 4 is 0 Å². The predicted octanol–water partition coefficient (Wildman–Crippen LogP) is 5.37. The van der Waals surface area contributed by atoms with E-state index in [1.54, 1.807) is 7.11 Å². The Balaban J connectivity index is 1.56. The molecule has 0 aliphatic carbocycles. The summed E-state index contributed by atoms with van der Waals surface area (Å²) in [4.78, 5) is 0. The van der Waals surface area contributed by atoms with Crippen LogP contribution in [-0.4, -0.2) is 20.3 Å². The van der Waals surface area contributed by atoms with Crippen molar-refractivity contribution < 1.29 is 14.2 Å². The van der Waals surface area contributed by atoms with Gasteiger partial charge in [-0.3, -0.25) is 0 Å². The van der Waals surface area contributed by atoms with Crippen molar-refractivity contribution in [1.29, 1.82) is 0 Å². The number of nitrogens with one attached hydrogen (secondary N) is 1. The molecule has 1 N–H and O–H groups in total. The molecule has 0 saturated heterocycles. The maximum Gasteiger partial charge on any atom is 0.161 e. The lowest BCUT2D eigenvalue weighted by atomic mass is 10.0. The van der Waals surface area contributed by atoms with Crippen LogP contribution in [0.3, 0.4) is 0 Å². The molecule has 0 aromatic heterocycles. The van der Waals surface area contributed by atoms with Crippen molar-refractivity contribution in [3.8, 4) is 28.4 Å². The summed E-state index contributed by atoms with van der Waals surface area (Å²) in [7, 11) is 1.71. The van der Waals surface area contributed by atoms with Crippen LogP contribution >= 0.6 is 0 Å². The van der Waals surface area contributed by atoms with E-state index in [4.69, 9.17) is 14.2 Å². The molecule has 1 heterocycles. The van der Waals surface area contributed by atoms with E-state index in [0.717, 1.165) is 41.3 Å². The van der Waals surface area contributed by atoms with Crippen molar-refractivity contribution in [3.05, 3.63) is 77.9 Å². The highest BCUT2D eigenvalue weighted by Gasteiger charge is 2.14. The van der Waals surface area contributed by atoms with Gasteiger partial charge in [-0.25, -0.2) is 0 Å². The Morgan fingerprint density at radius 2 is 1.72 bits per heavy atom. The second kappa shape index (κ2) is 9.01. The Bertz CT molecular complexity index is 956. The molecule has 1 aliphatic rings. The summed E-state index contributed by atoms with van der Waals surface area (Å²) in [6, 6.07) is 23.2. The van der Waals surface area contributed by atoms with Crippen LogP contribution in [0.15, 0.2) is 66.7 Å². The number of hydrogen-bond donors (Lipinski definition) is 1. The molecule has 0 bridgehead atoms. The molecule has 0 unspecified atom stereocenters. The van der Waals surface area contributed by atoms with Crippen LogP contribution in [0.5, 0.6) is 17.2 Å². The fourth-order valence-corrected chi connectivity index (χ4v) is 3.55. The third-order valence-corrected chi connectivity index (χ3v) is 5.23. The van der Waals surface area contributed by atoms with E-state index in [0.29, 0.717) is 13.2 Å². The summed E-state index contributed by atoms with van der Waals surface area (Å²) in [6.07, 6.45) is 0.897. The van der Waals surface area contributed by atoms with E-state index in [2.05, 4.69) is 54.7 Å². The molecule has 4 nitrogen and oxygen atoms in total. The molecule has 4 rings (SSSR count). The summed E-state index contributed by atoms with van der Waals surface area (Å²) < 4.78 is 17.3. The predicted molar refractivity (Wildman–Crippen MR) is 116 cm³/mol. The third kappa shape index (κ3) is 4.54. The monoisotopic (exact) mass is 389 g/mol. The van der Waals surface area contributed by atoms with E-state index in [-0.39, 0.29) is 6.04 Å². The lowest BCUT2D eigenvalue weighted by Gasteiger charge is -2.16. The second-order valence-electron chi connectivity index (χ2n) is 7.26. The number of ether oxygens (including phenoxy) is 3. The number of methoxy groups -OCH3 is 1. The van der Waals surface area contributed by atoms with Crippen LogP contribution in [0.4, 0.5) is 0 Å². The van der Waals surface area contributed by atoms with Crippen molar-refractivity contribution in [2.75, 3.05) is 20.3 Å². The minimum Gasteiger partial charge on any atom is -0.496 e. The maximum atomic E-state index is 5.86. The highest BCUT2D eigenvalue weighted by Crippen LogP contribution is 2.38. The van der Waals surface area contributed by atoms with Gasteiger partial charge in [-0.15, -0.1) is 0 Å². The molecule has 4 heteroatoms. The van der Waals surface area contributed by atoms with E-state index < -0.39 is 0 Å². The molecular formula is C25H27NO3. The molecule has 0 amide bonds. The quantitative estimate of drug-likeness (QED) is 0.615. The van der Waals surface area contributed by atoms with Gasteiger partial charge in [-0.1, -0.05) is 42.5 Å². The van der Waals surface area contributed by atoms with E-state index in [1.165, 1.54) is 11.1 Å². The summed E-state index contributed by atoms with van der Waals surface area (Å²) in [5.74, 6) is 2.45. The highest BCUT2D eigenvalue weighted by molar-refractivity contribution is 5.73. The van der Waals surface area contributed by atoms with Crippen LogP contribution in [-0.2, 0) is 6.54 Å². The Hall–Kier alpha value is -2.98. The zero-order valence-corrected chi connectivity index (χ0v) is 17.0. The fourth-order valence-electron chi connectivity index (χ4n) is 3.55. The minimum atomic E-state index is 0.278. The third-order valence-electron chi connectivity index (χ3n) is 5.23. The van der Waals surface area contributed by atoms with Gasteiger partial charge >= 0.3 is 0 Å². The largest absolute Gasteiger partial charge is 0.496 e. The average molecular weight is 389 g/mol. The number of benzene rings is 3. The molecule has 0 spiro atoms. The van der Waals surface area contributed by atoms with Crippen molar-refractivity contribution in [1.82, 2.24) is 5.32 Å². The smallest absolute Gasteiger partial charge is 0.161 e. The van der Waals surface area contributed by atoms with Gasteiger partial charge < -0.3 is 19.5 Å². The molecule has 0 radical (unpaired) electrons. The van der Waals surface area contributed by atoms with Crippen molar-refractivity contribution in [2.24, 2.45) is 0 Å². The summed E-state index contributed by atoms with van der Waals surface area (Å²) in [6.45, 7) is 4.33. The maximum absolute atomic E-state index is 5.86. The molecule has 29 heavy (non-hydrogen) atoms. The normalized spacial score (nSPS) is 14.1. The first-order valence-electron chi connectivity index (χ1n) is 10.1. The van der Waals surface area contributed by atoms with Crippen molar-refractivity contribution in [2.45, 2.75) is 25.9 Å². The van der Waals surface area contributed by atoms with E-state index in [1.807, 2.05) is 24.3 Å². The molecule has 150 valence electrons. The lowest BCUT2D eigenvalue weighted by Crippen LogP contribution is -2.18. The fraction of sp³-hybridized carbons (Fsp3) is 0.280. The number of fused-ring (bicyclic) bond motifs is 1.